The van der Waals surface area contributed by atoms with Gasteiger partial charge in [-0.2, -0.15) is 0 Å². The third-order valence-corrected chi connectivity index (χ3v) is 5.07. The van der Waals surface area contributed by atoms with E-state index >= 15 is 0 Å². The van der Waals surface area contributed by atoms with Crippen LogP contribution in [0.5, 0.6) is 0 Å². The number of nitrogens with one attached hydrogen (secondary N) is 2. The number of carbonyl (C=O) groups excluding carboxylic acids is 5. The summed E-state index contributed by atoms with van der Waals surface area (Å²) in [6, 6.07) is 17.5. The molecule has 34 heavy (non-hydrogen) atoms. The first-order valence-corrected chi connectivity index (χ1v) is 10.3. The van der Waals surface area contributed by atoms with Crippen molar-refractivity contribution >= 4 is 35.3 Å². The molecule has 2 aromatic carbocycles. The smallest absolute Gasteiger partial charge is 0.335 e. The highest BCUT2D eigenvalue weighted by atomic mass is 16.3. The van der Waals surface area contributed by atoms with Crippen LogP contribution in [0.2, 0.25) is 0 Å². The Morgan fingerprint density at radius 3 is 2.26 bits per heavy atom. The summed E-state index contributed by atoms with van der Waals surface area (Å²) in [5.74, 6) is -2.71. The van der Waals surface area contributed by atoms with Crippen LogP contribution in [-0.2, 0) is 27.5 Å². The summed E-state index contributed by atoms with van der Waals surface area (Å²) in [5, 5.41) is 5.22. The molecule has 2 N–H and O–H groups in total. The predicted octanol–water partition coefficient (Wildman–Crippen LogP) is 2.14. The van der Waals surface area contributed by atoms with Gasteiger partial charge >= 0.3 is 17.8 Å². The average Bonchev–Trinajstić information content (AvgIpc) is 3.43. The number of imide groups is 2. The minimum atomic E-state index is -1.08. The monoisotopic (exact) mass is 460 g/mol. The average molecular weight is 460 g/mol. The molecule has 1 aliphatic heterocycles. The van der Waals surface area contributed by atoms with Gasteiger partial charge in [0.1, 0.15) is 12.3 Å². The van der Waals surface area contributed by atoms with E-state index < -0.39 is 36.2 Å². The first-order valence-electron chi connectivity index (χ1n) is 10.3. The van der Waals surface area contributed by atoms with E-state index in [1.165, 1.54) is 18.4 Å². The zero-order chi connectivity index (χ0) is 24.1. The van der Waals surface area contributed by atoms with Crippen molar-refractivity contribution in [2.45, 2.75) is 13.1 Å². The minimum absolute atomic E-state index is 0.0823. The highest BCUT2D eigenvalue weighted by molar-refractivity contribution is 6.45. The molecular formula is C24H20N4O6. The van der Waals surface area contributed by atoms with Gasteiger partial charge in [0.25, 0.3) is 5.91 Å². The SMILES string of the molecule is O=C(CN1C(=O)C(=O)N(Cc2ccccc2)C1=O)Nc1ccccc1C(=O)NCc1ccco1. The summed E-state index contributed by atoms with van der Waals surface area (Å²) in [6.45, 7) is -0.595. The van der Waals surface area contributed by atoms with Crippen LogP contribution >= 0.6 is 0 Å². The fourth-order valence-electron chi connectivity index (χ4n) is 3.39. The topological polar surface area (TPSA) is 129 Å². The molecule has 1 saturated heterocycles. The second-order valence-electron chi connectivity index (χ2n) is 7.41. The number of furan rings is 1. The molecule has 3 aromatic rings. The summed E-state index contributed by atoms with van der Waals surface area (Å²) < 4.78 is 5.18. The zero-order valence-corrected chi connectivity index (χ0v) is 17.9. The van der Waals surface area contributed by atoms with E-state index in [1.807, 2.05) is 0 Å². The number of hydrogen-bond acceptors (Lipinski definition) is 6. The summed E-state index contributed by atoms with van der Waals surface area (Å²) >= 11 is 0. The summed E-state index contributed by atoms with van der Waals surface area (Å²) in [7, 11) is 0. The fraction of sp³-hybridized carbons (Fsp3) is 0.125. The standard InChI is InChI=1S/C24H20N4O6/c29-20(15-28-23(32)22(31)27(24(28)33)14-16-7-2-1-3-8-16)26-19-11-5-4-10-18(19)21(30)25-13-17-9-6-12-34-17/h1-12H,13-15H2,(H,25,30)(H,26,29). The van der Waals surface area contributed by atoms with Gasteiger partial charge in [0.05, 0.1) is 30.6 Å². The van der Waals surface area contributed by atoms with E-state index in [-0.39, 0.29) is 24.3 Å². The Morgan fingerprint density at radius 1 is 0.824 bits per heavy atom. The maximum Gasteiger partial charge on any atom is 0.335 e. The Balaban J connectivity index is 1.40. The van der Waals surface area contributed by atoms with Gasteiger partial charge in [-0.3, -0.25) is 24.1 Å². The number of anilines is 1. The minimum Gasteiger partial charge on any atom is -0.467 e. The molecule has 0 radical (unpaired) electrons. The molecule has 0 unspecified atom stereocenters. The molecule has 1 aliphatic rings. The molecule has 0 atom stereocenters. The molecule has 10 heteroatoms. The Hall–Kier alpha value is -4.73. The molecular weight excluding hydrogens is 440 g/mol. The van der Waals surface area contributed by atoms with Crippen LogP contribution in [0.4, 0.5) is 10.5 Å². The number of nitrogens with zero attached hydrogens (tertiary/aromatic N) is 2. The number of benzene rings is 2. The van der Waals surface area contributed by atoms with Crippen LogP contribution in [0.3, 0.4) is 0 Å². The first-order chi connectivity index (χ1) is 16.4. The van der Waals surface area contributed by atoms with E-state index in [9.17, 15) is 24.0 Å². The van der Waals surface area contributed by atoms with Crippen molar-refractivity contribution < 1.29 is 28.4 Å². The van der Waals surface area contributed by atoms with E-state index in [0.717, 1.165) is 4.90 Å². The molecule has 10 nitrogen and oxygen atoms in total. The van der Waals surface area contributed by atoms with Crippen LogP contribution < -0.4 is 10.6 Å². The maximum absolute atomic E-state index is 12.6. The van der Waals surface area contributed by atoms with Gasteiger partial charge in [-0.25, -0.2) is 9.69 Å². The van der Waals surface area contributed by atoms with Gasteiger partial charge in [0.15, 0.2) is 0 Å². The lowest BCUT2D eigenvalue weighted by Crippen LogP contribution is -2.39. The van der Waals surface area contributed by atoms with Gasteiger partial charge in [-0.15, -0.1) is 0 Å². The van der Waals surface area contributed by atoms with Gasteiger partial charge in [0.2, 0.25) is 5.91 Å². The number of rotatable bonds is 8. The Labute approximate surface area is 194 Å². The third-order valence-electron chi connectivity index (χ3n) is 5.07. The number of urea groups is 1. The Bertz CT molecular complexity index is 1240. The normalized spacial score (nSPS) is 13.4. The second kappa shape index (κ2) is 9.82. The van der Waals surface area contributed by atoms with Crippen molar-refractivity contribution in [2.75, 3.05) is 11.9 Å². The van der Waals surface area contributed by atoms with Crippen molar-refractivity contribution in [2.24, 2.45) is 0 Å². The number of hydrogen-bond donors (Lipinski definition) is 2. The largest absolute Gasteiger partial charge is 0.467 e. The Kier molecular flexibility index (Phi) is 6.49. The van der Waals surface area contributed by atoms with E-state index in [1.54, 1.807) is 54.6 Å². The van der Waals surface area contributed by atoms with Crippen LogP contribution in [0.15, 0.2) is 77.4 Å². The van der Waals surface area contributed by atoms with E-state index in [2.05, 4.69) is 10.6 Å². The number of para-hydroxylation sites is 1. The summed E-state index contributed by atoms with van der Waals surface area (Å²) in [5.41, 5.74) is 1.04. The molecule has 172 valence electrons. The van der Waals surface area contributed by atoms with Crippen molar-refractivity contribution in [3.63, 3.8) is 0 Å². The van der Waals surface area contributed by atoms with E-state index in [4.69, 9.17) is 4.42 Å². The molecule has 0 aliphatic carbocycles. The van der Waals surface area contributed by atoms with Crippen LogP contribution in [-0.4, -0.2) is 46.0 Å². The van der Waals surface area contributed by atoms with Crippen molar-refractivity contribution in [1.29, 1.82) is 0 Å². The highest BCUT2D eigenvalue weighted by Gasteiger charge is 2.45. The molecule has 4 rings (SSSR count). The van der Waals surface area contributed by atoms with E-state index in [0.29, 0.717) is 16.2 Å². The van der Waals surface area contributed by atoms with Crippen molar-refractivity contribution in [1.82, 2.24) is 15.1 Å². The predicted molar refractivity (Wildman–Crippen MR) is 119 cm³/mol. The quantitative estimate of drug-likeness (QED) is 0.391. The zero-order valence-electron chi connectivity index (χ0n) is 17.9. The second-order valence-corrected chi connectivity index (χ2v) is 7.41. The molecule has 2 heterocycles. The molecule has 0 spiro atoms. The summed E-state index contributed by atoms with van der Waals surface area (Å²) in [4.78, 5) is 63.9. The van der Waals surface area contributed by atoms with Gasteiger partial charge in [-0.1, -0.05) is 42.5 Å². The first kappa shape index (κ1) is 22.5. The summed E-state index contributed by atoms with van der Waals surface area (Å²) in [6.07, 6.45) is 1.49. The fourth-order valence-corrected chi connectivity index (χ4v) is 3.39. The Morgan fingerprint density at radius 2 is 1.53 bits per heavy atom. The van der Waals surface area contributed by atoms with Gasteiger partial charge in [0, 0.05) is 0 Å². The third kappa shape index (κ3) is 4.85. The molecule has 1 fully saturated rings. The van der Waals surface area contributed by atoms with Crippen LogP contribution in [0.25, 0.3) is 0 Å². The molecule has 6 amide bonds. The van der Waals surface area contributed by atoms with Crippen LogP contribution in [0.1, 0.15) is 21.7 Å². The lowest BCUT2D eigenvalue weighted by Gasteiger charge is -2.16. The number of amides is 6. The molecule has 1 aromatic heterocycles. The van der Waals surface area contributed by atoms with Crippen molar-refractivity contribution in [3.8, 4) is 0 Å². The molecule has 0 saturated carbocycles. The molecule has 0 bridgehead atoms. The van der Waals surface area contributed by atoms with Gasteiger partial charge < -0.3 is 15.1 Å². The number of carbonyl (C=O) groups is 5. The maximum atomic E-state index is 12.6. The highest BCUT2D eigenvalue weighted by Crippen LogP contribution is 2.18. The van der Waals surface area contributed by atoms with Crippen molar-refractivity contribution in [3.05, 3.63) is 89.9 Å². The lowest BCUT2D eigenvalue weighted by atomic mass is 10.1. The van der Waals surface area contributed by atoms with Gasteiger partial charge in [-0.05, 0) is 29.8 Å². The lowest BCUT2D eigenvalue weighted by molar-refractivity contribution is -0.143. The van der Waals surface area contributed by atoms with Crippen LogP contribution in [0, 0.1) is 0 Å².